The van der Waals surface area contributed by atoms with Gasteiger partial charge in [0.15, 0.2) is 0 Å². The molecule has 2 heterocycles. The molecule has 1 aromatic heterocycles. The zero-order chi connectivity index (χ0) is 13.9. The van der Waals surface area contributed by atoms with Crippen molar-refractivity contribution in [2.24, 2.45) is 0 Å². The molecular weight excluding hydrogens is 238 g/mol. The van der Waals surface area contributed by atoms with Gasteiger partial charge in [-0.15, -0.1) is 0 Å². The number of hydrogen-bond donors (Lipinski definition) is 0. The van der Waals surface area contributed by atoms with Gasteiger partial charge >= 0.3 is 0 Å². The third-order valence-electron chi connectivity index (χ3n) is 4.02. The van der Waals surface area contributed by atoms with Gasteiger partial charge in [0, 0.05) is 51.7 Å². The third-order valence-corrected chi connectivity index (χ3v) is 4.02. The van der Waals surface area contributed by atoms with Crippen molar-refractivity contribution < 1.29 is 0 Å². The van der Waals surface area contributed by atoms with Gasteiger partial charge in [0.2, 0.25) is 0 Å². The molecule has 1 aromatic rings. The maximum absolute atomic E-state index is 9.16. The van der Waals surface area contributed by atoms with Crippen LogP contribution >= 0.6 is 0 Å². The summed E-state index contributed by atoms with van der Waals surface area (Å²) in [6.45, 7) is 12.1. The summed E-state index contributed by atoms with van der Waals surface area (Å²) in [4.78, 5) is 8.97. The highest BCUT2D eigenvalue weighted by Crippen LogP contribution is 2.15. The molecule has 19 heavy (non-hydrogen) atoms. The molecule has 0 aromatic carbocycles. The molecule has 5 heteroatoms. The Morgan fingerprint density at radius 3 is 2.47 bits per heavy atom. The molecule has 0 N–H and O–H groups in total. The first-order chi connectivity index (χ1) is 9.03. The van der Waals surface area contributed by atoms with Crippen molar-refractivity contribution in [2.45, 2.75) is 32.9 Å². The highest BCUT2D eigenvalue weighted by Gasteiger charge is 2.29. The maximum Gasteiger partial charge on any atom is 0.105 e. The average molecular weight is 261 g/mol. The lowest BCUT2D eigenvalue weighted by molar-refractivity contribution is 0.0782. The predicted octanol–water partition coefficient (Wildman–Crippen LogP) is 1.11. The van der Waals surface area contributed by atoms with E-state index in [9.17, 15) is 0 Å². The zero-order valence-corrected chi connectivity index (χ0v) is 12.1. The predicted molar refractivity (Wildman–Crippen MR) is 74.7 cm³/mol. The Balaban J connectivity index is 1.78. The molecule has 0 spiro atoms. The van der Waals surface area contributed by atoms with E-state index < -0.39 is 0 Å². The summed E-state index contributed by atoms with van der Waals surface area (Å²) in [5.74, 6) is 1.07. The van der Waals surface area contributed by atoms with E-state index in [1.165, 1.54) is 0 Å². The molecule has 1 aliphatic rings. The summed E-state index contributed by atoms with van der Waals surface area (Å²) in [5, 5.41) is 9.16. The van der Waals surface area contributed by atoms with Crippen molar-refractivity contribution in [3.8, 4) is 6.07 Å². The van der Waals surface area contributed by atoms with Crippen LogP contribution in [0.4, 0.5) is 0 Å². The highest BCUT2D eigenvalue weighted by molar-refractivity contribution is 5.02. The maximum atomic E-state index is 9.16. The van der Waals surface area contributed by atoms with Gasteiger partial charge in [-0.3, -0.25) is 9.80 Å². The Morgan fingerprint density at radius 1 is 1.26 bits per heavy atom. The number of rotatable bonds is 4. The number of piperazine rings is 1. The first kappa shape index (κ1) is 14.0. The second-order valence-electron chi connectivity index (χ2n) is 5.67. The van der Waals surface area contributed by atoms with E-state index in [4.69, 9.17) is 5.26 Å². The number of hydrogen-bond acceptors (Lipinski definition) is 4. The van der Waals surface area contributed by atoms with Gasteiger partial charge in [-0.25, -0.2) is 4.98 Å². The van der Waals surface area contributed by atoms with Crippen LogP contribution < -0.4 is 0 Å². The van der Waals surface area contributed by atoms with Crippen LogP contribution in [0.25, 0.3) is 0 Å². The van der Waals surface area contributed by atoms with Crippen LogP contribution in [0.2, 0.25) is 0 Å². The quantitative estimate of drug-likeness (QED) is 0.814. The largest absolute Gasteiger partial charge is 0.334 e. The van der Waals surface area contributed by atoms with E-state index in [2.05, 4.69) is 25.4 Å². The molecule has 1 aliphatic heterocycles. The smallest absolute Gasteiger partial charge is 0.105 e. The fourth-order valence-electron chi connectivity index (χ4n) is 2.49. The van der Waals surface area contributed by atoms with Crippen LogP contribution in [0, 0.1) is 18.3 Å². The van der Waals surface area contributed by atoms with Crippen LogP contribution in [-0.4, -0.2) is 57.6 Å². The van der Waals surface area contributed by atoms with Crippen molar-refractivity contribution in [2.75, 3.05) is 32.7 Å². The Morgan fingerprint density at radius 2 is 1.95 bits per heavy atom. The molecule has 0 atom stereocenters. The van der Waals surface area contributed by atoms with Crippen molar-refractivity contribution in [1.82, 2.24) is 19.4 Å². The van der Waals surface area contributed by atoms with Crippen LogP contribution in [0.1, 0.15) is 19.7 Å². The van der Waals surface area contributed by atoms with E-state index >= 15 is 0 Å². The van der Waals surface area contributed by atoms with Gasteiger partial charge in [0.05, 0.1) is 6.07 Å². The second kappa shape index (κ2) is 5.72. The minimum Gasteiger partial charge on any atom is -0.334 e. The van der Waals surface area contributed by atoms with Crippen LogP contribution in [0.15, 0.2) is 12.4 Å². The number of imidazole rings is 1. The minimum absolute atomic E-state index is 0.340. The lowest BCUT2D eigenvalue weighted by Crippen LogP contribution is -2.54. The third kappa shape index (κ3) is 3.34. The monoisotopic (exact) mass is 261 g/mol. The zero-order valence-electron chi connectivity index (χ0n) is 12.1. The first-order valence-corrected chi connectivity index (χ1v) is 6.89. The Hall–Kier alpha value is -1.38. The second-order valence-corrected chi connectivity index (χ2v) is 5.67. The van der Waals surface area contributed by atoms with Gasteiger partial charge < -0.3 is 4.57 Å². The molecule has 104 valence electrons. The molecule has 2 rings (SSSR count). The fraction of sp³-hybridized carbons (Fsp3) is 0.714. The molecule has 0 aliphatic carbocycles. The molecule has 0 unspecified atom stereocenters. The van der Waals surface area contributed by atoms with Crippen molar-refractivity contribution in [3.05, 3.63) is 18.2 Å². The summed E-state index contributed by atoms with van der Waals surface area (Å²) in [7, 11) is 0. The number of nitrogens with zero attached hydrogens (tertiary/aromatic N) is 5. The Labute approximate surface area is 115 Å². The average Bonchev–Trinajstić information content (AvgIpc) is 2.82. The summed E-state index contributed by atoms with van der Waals surface area (Å²) in [6.07, 6.45) is 3.88. The fourth-order valence-corrected chi connectivity index (χ4v) is 2.49. The topological polar surface area (TPSA) is 48.1 Å². The van der Waals surface area contributed by atoms with Crippen LogP contribution in [0.5, 0.6) is 0 Å². The molecule has 0 amide bonds. The van der Waals surface area contributed by atoms with E-state index in [-0.39, 0.29) is 5.54 Å². The molecule has 0 saturated carbocycles. The minimum atomic E-state index is -0.340. The van der Waals surface area contributed by atoms with E-state index in [1.54, 1.807) is 0 Å². The van der Waals surface area contributed by atoms with Crippen LogP contribution in [-0.2, 0) is 6.54 Å². The number of aryl methyl sites for hydroxylation is 1. The molecule has 0 radical (unpaired) electrons. The molecular formula is C14H23N5. The van der Waals surface area contributed by atoms with E-state index in [0.717, 1.165) is 45.1 Å². The van der Waals surface area contributed by atoms with E-state index in [1.807, 2.05) is 33.2 Å². The van der Waals surface area contributed by atoms with Crippen molar-refractivity contribution in [1.29, 1.82) is 5.26 Å². The Kier molecular flexibility index (Phi) is 4.23. The summed E-state index contributed by atoms with van der Waals surface area (Å²) >= 11 is 0. The van der Waals surface area contributed by atoms with Gasteiger partial charge in [0.1, 0.15) is 11.4 Å². The Bertz CT molecular complexity index is 449. The summed E-state index contributed by atoms with van der Waals surface area (Å²) in [6, 6.07) is 2.38. The summed E-state index contributed by atoms with van der Waals surface area (Å²) in [5.41, 5.74) is -0.340. The van der Waals surface area contributed by atoms with Gasteiger partial charge in [-0.05, 0) is 20.8 Å². The lowest BCUT2D eigenvalue weighted by atomic mass is 10.0. The normalized spacial score (nSPS) is 18.4. The van der Waals surface area contributed by atoms with Gasteiger partial charge in [0.25, 0.3) is 0 Å². The van der Waals surface area contributed by atoms with Crippen molar-refractivity contribution in [3.63, 3.8) is 0 Å². The van der Waals surface area contributed by atoms with Crippen LogP contribution in [0.3, 0.4) is 0 Å². The lowest BCUT2D eigenvalue weighted by Gasteiger charge is -2.40. The molecule has 0 bridgehead atoms. The van der Waals surface area contributed by atoms with Gasteiger partial charge in [-0.1, -0.05) is 0 Å². The highest BCUT2D eigenvalue weighted by atomic mass is 15.3. The first-order valence-electron chi connectivity index (χ1n) is 6.89. The SMILES string of the molecule is Cc1nccn1CCN1CCN(C(C)(C)C#N)CC1. The van der Waals surface area contributed by atoms with Gasteiger partial charge in [-0.2, -0.15) is 5.26 Å². The summed E-state index contributed by atoms with van der Waals surface area (Å²) < 4.78 is 2.19. The molecule has 5 nitrogen and oxygen atoms in total. The van der Waals surface area contributed by atoms with Crippen molar-refractivity contribution >= 4 is 0 Å². The number of nitriles is 1. The number of aromatic nitrogens is 2. The molecule has 1 fully saturated rings. The molecule has 1 saturated heterocycles. The standard InChI is InChI=1S/C14H23N5/c1-13-16-4-5-18(13)9-6-17-7-10-19(11-8-17)14(2,3)12-15/h4-5H,6-11H2,1-3H3. The van der Waals surface area contributed by atoms with E-state index in [0.29, 0.717) is 0 Å².